The van der Waals surface area contributed by atoms with Gasteiger partial charge in [-0.15, -0.1) is 0 Å². The van der Waals surface area contributed by atoms with Gasteiger partial charge in [-0.25, -0.2) is 9.97 Å². The van der Waals surface area contributed by atoms with Gasteiger partial charge in [0.2, 0.25) is 0 Å². The van der Waals surface area contributed by atoms with Gasteiger partial charge in [-0.3, -0.25) is 0 Å². The SMILES string of the molecule is Cc1cccc([C@H](O)CNc2cc(N3CCSCC3)ncn2)c1. The van der Waals surface area contributed by atoms with Gasteiger partial charge in [0.1, 0.15) is 18.0 Å². The molecule has 2 N–H and O–H groups in total. The van der Waals surface area contributed by atoms with Crippen LogP contribution in [0.2, 0.25) is 0 Å². The maximum atomic E-state index is 10.3. The number of anilines is 2. The Kier molecular flexibility index (Phi) is 5.35. The number of rotatable bonds is 5. The standard InChI is InChI=1S/C17H22N4OS/c1-13-3-2-4-14(9-13)15(22)11-18-16-10-17(20-12-19-16)21-5-7-23-8-6-21/h2-4,9-10,12,15,22H,5-8,11H2,1H3,(H,18,19,20)/t15-/m1/s1. The van der Waals surface area contributed by atoms with Crippen LogP contribution in [0, 0.1) is 6.92 Å². The summed E-state index contributed by atoms with van der Waals surface area (Å²) in [5.74, 6) is 3.98. The van der Waals surface area contributed by atoms with E-state index in [9.17, 15) is 5.11 Å². The molecule has 1 saturated heterocycles. The molecule has 2 aromatic rings. The van der Waals surface area contributed by atoms with Crippen LogP contribution in [0.3, 0.4) is 0 Å². The molecular weight excluding hydrogens is 308 g/mol. The van der Waals surface area contributed by atoms with Crippen molar-refractivity contribution in [3.05, 3.63) is 47.8 Å². The van der Waals surface area contributed by atoms with E-state index in [1.807, 2.05) is 49.0 Å². The Morgan fingerprint density at radius 2 is 2.09 bits per heavy atom. The number of aliphatic hydroxyl groups excluding tert-OH is 1. The molecule has 1 aliphatic rings. The van der Waals surface area contributed by atoms with E-state index in [0.29, 0.717) is 6.54 Å². The molecule has 0 saturated carbocycles. The van der Waals surface area contributed by atoms with Crippen LogP contribution in [0.4, 0.5) is 11.6 Å². The largest absolute Gasteiger partial charge is 0.387 e. The lowest BCUT2D eigenvalue weighted by atomic mass is 10.1. The van der Waals surface area contributed by atoms with Crippen LogP contribution in [0.1, 0.15) is 17.2 Å². The summed E-state index contributed by atoms with van der Waals surface area (Å²) in [6.07, 6.45) is 1.03. The van der Waals surface area contributed by atoms with Crippen molar-refractivity contribution in [2.45, 2.75) is 13.0 Å². The summed E-state index contributed by atoms with van der Waals surface area (Å²) in [4.78, 5) is 10.9. The van der Waals surface area contributed by atoms with E-state index in [4.69, 9.17) is 0 Å². The Balaban J connectivity index is 1.61. The predicted octanol–water partition coefficient (Wildman–Crippen LogP) is 2.48. The molecular formula is C17H22N4OS. The van der Waals surface area contributed by atoms with Gasteiger partial charge < -0.3 is 15.3 Å². The molecule has 1 aromatic carbocycles. The highest BCUT2D eigenvalue weighted by Crippen LogP contribution is 2.20. The summed E-state index contributed by atoms with van der Waals surface area (Å²) < 4.78 is 0. The molecule has 1 atom stereocenters. The Hall–Kier alpha value is -1.79. The lowest BCUT2D eigenvalue weighted by Crippen LogP contribution is -2.33. The van der Waals surface area contributed by atoms with Gasteiger partial charge in [0, 0.05) is 37.2 Å². The average molecular weight is 330 g/mol. The van der Waals surface area contributed by atoms with E-state index in [1.165, 1.54) is 0 Å². The van der Waals surface area contributed by atoms with Crippen molar-refractivity contribution >= 4 is 23.4 Å². The predicted molar refractivity (Wildman–Crippen MR) is 96.2 cm³/mol. The fourth-order valence-electron chi connectivity index (χ4n) is 2.61. The van der Waals surface area contributed by atoms with E-state index >= 15 is 0 Å². The number of hydrogen-bond donors (Lipinski definition) is 2. The van der Waals surface area contributed by atoms with Gasteiger partial charge in [-0.2, -0.15) is 11.8 Å². The minimum Gasteiger partial charge on any atom is -0.387 e. The van der Waals surface area contributed by atoms with E-state index in [-0.39, 0.29) is 0 Å². The van der Waals surface area contributed by atoms with Gasteiger partial charge in [0.15, 0.2) is 0 Å². The Labute approximate surface area is 141 Å². The molecule has 1 aliphatic heterocycles. The van der Waals surface area contributed by atoms with Crippen molar-refractivity contribution in [2.75, 3.05) is 41.4 Å². The zero-order chi connectivity index (χ0) is 16.1. The monoisotopic (exact) mass is 330 g/mol. The molecule has 0 bridgehead atoms. The van der Waals surface area contributed by atoms with E-state index < -0.39 is 6.10 Å². The average Bonchev–Trinajstić information content (AvgIpc) is 2.61. The number of nitrogens with zero attached hydrogens (tertiary/aromatic N) is 3. The first-order valence-electron chi connectivity index (χ1n) is 7.85. The van der Waals surface area contributed by atoms with E-state index in [0.717, 1.165) is 47.4 Å². The van der Waals surface area contributed by atoms with Crippen molar-refractivity contribution in [1.29, 1.82) is 0 Å². The third kappa shape index (κ3) is 4.36. The van der Waals surface area contributed by atoms with Crippen LogP contribution >= 0.6 is 11.8 Å². The molecule has 0 unspecified atom stereocenters. The minimum absolute atomic E-state index is 0.426. The summed E-state index contributed by atoms with van der Waals surface area (Å²) in [7, 11) is 0. The van der Waals surface area contributed by atoms with Crippen molar-refractivity contribution in [2.24, 2.45) is 0 Å². The lowest BCUT2D eigenvalue weighted by Gasteiger charge is -2.27. The molecule has 0 spiro atoms. The van der Waals surface area contributed by atoms with Crippen LogP contribution in [0.5, 0.6) is 0 Å². The van der Waals surface area contributed by atoms with Crippen molar-refractivity contribution in [3.8, 4) is 0 Å². The normalized spacial score (nSPS) is 16.2. The lowest BCUT2D eigenvalue weighted by molar-refractivity contribution is 0.191. The summed E-state index contributed by atoms with van der Waals surface area (Å²) in [5.41, 5.74) is 2.06. The fraction of sp³-hybridized carbons (Fsp3) is 0.412. The highest BCUT2D eigenvalue weighted by molar-refractivity contribution is 7.99. The summed E-state index contributed by atoms with van der Waals surface area (Å²) in [5, 5.41) is 13.5. The molecule has 2 heterocycles. The molecule has 1 fully saturated rings. The summed E-state index contributed by atoms with van der Waals surface area (Å²) in [6.45, 7) is 4.49. The Bertz CT molecular complexity index is 646. The van der Waals surface area contributed by atoms with Gasteiger partial charge in [0.05, 0.1) is 6.10 Å². The summed E-state index contributed by atoms with van der Waals surface area (Å²) >= 11 is 1.98. The molecule has 23 heavy (non-hydrogen) atoms. The molecule has 6 heteroatoms. The van der Waals surface area contributed by atoms with Gasteiger partial charge in [-0.1, -0.05) is 29.8 Å². The minimum atomic E-state index is -0.556. The second-order valence-corrected chi connectivity index (χ2v) is 6.90. The second-order valence-electron chi connectivity index (χ2n) is 5.67. The third-order valence-electron chi connectivity index (χ3n) is 3.89. The maximum absolute atomic E-state index is 10.3. The molecule has 1 aromatic heterocycles. The third-order valence-corrected chi connectivity index (χ3v) is 4.83. The second kappa shape index (κ2) is 7.66. The fourth-order valence-corrected chi connectivity index (χ4v) is 3.51. The van der Waals surface area contributed by atoms with Crippen LogP contribution in [0.25, 0.3) is 0 Å². The topological polar surface area (TPSA) is 61.3 Å². The van der Waals surface area contributed by atoms with E-state index in [1.54, 1.807) is 6.33 Å². The highest BCUT2D eigenvalue weighted by atomic mass is 32.2. The van der Waals surface area contributed by atoms with Crippen molar-refractivity contribution in [1.82, 2.24) is 9.97 Å². The van der Waals surface area contributed by atoms with Crippen molar-refractivity contribution in [3.63, 3.8) is 0 Å². The number of thioether (sulfide) groups is 1. The van der Waals surface area contributed by atoms with Gasteiger partial charge >= 0.3 is 0 Å². The zero-order valence-electron chi connectivity index (χ0n) is 13.3. The molecule has 122 valence electrons. The highest BCUT2D eigenvalue weighted by Gasteiger charge is 2.13. The smallest absolute Gasteiger partial charge is 0.134 e. The van der Waals surface area contributed by atoms with Crippen LogP contribution in [-0.2, 0) is 0 Å². The molecule has 0 radical (unpaired) electrons. The summed E-state index contributed by atoms with van der Waals surface area (Å²) in [6, 6.07) is 9.89. The van der Waals surface area contributed by atoms with Crippen molar-refractivity contribution < 1.29 is 5.11 Å². The number of hydrogen-bond acceptors (Lipinski definition) is 6. The van der Waals surface area contributed by atoms with Crippen LogP contribution < -0.4 is 10.2 Å². The number of nitrogens with one attached hydrogen (secondary N) is 1. The molecule has 5 nitrogen and oxygen atoms in total. The zero-order valence-corrected chi connectivity index (χ0v) is 14.1. The molecule has 0 aliphatic carbocycles. The van der Waals surface area contributed by atoms with Gasteiger partial charge in [0.25, 0.3) is 0 Å². The first-order chi connectivity index (χ1) is 11.2. The van der Waals surface area contributed by atoms with Gasteiger partial charge in [-0.05, 0) is 12.5 Å². The number of benzene rings is 1. The van der Waals surface area contributed by atoms with Crippen LogP contribution in [-0.4, -0.2) is 46.2 Å². The first kappa shape index (κ1) is 16.1. The molecule has 0 amide bonds. The quantitative estimate of drug-likeness (QED) is 0.878. The Morgan fingerprint density at radius 3 is 2.87 bits per heavy atom. The van der Waals surface area contributed by atoms with E-state index in [2.05, 4.69) is 20.2 Å². The Morgan fingerprint density at radius 1 is 1.26 bits per heavy atom. The number of aliphatic hydroxyl groups is 1. The maximum Gasteiger partial charge on any atom is 0.134 e. The van der Waals surface area contributed by atoms with Crippen LogP contribution in [0.15, 0.2) is 36.7 Å². The number of aryl methyl sites for hydroxylation is 1. The molecule has 3 rings (SSSR count). The first-order valence-corrected chi connectivity index (χ1v) is 9.01. The number of aromatic nitrogens is 2.